The van der Waals surface area contributed by atoms with Gasteiger partial charge in [0, 0.05) is 24.8 Å². The largest absolute Gasteiger partial charge is 0.394 e. The average molecular weight is 492 g/mol. The normalized spacial score (nSPS) is 14.4. The Hall–Kier alpha value is -4.29. The quantitative estimate of drug-likeness (QED) is 0.291. The molecule has 2 aromatic heterocycles. The van der Waals surface area contributed by atoms with Gasteiger partial charge < -0.3 is 31.1 Å². The lowest BCUT2D eigenvalue weighted by Gasteiger charge is -2.29. The Kier molecular flexibility index (Phi) is 6.87. The van der Waals surface area contributed by atoms with Crippen LogP contribution in [0.5, 0.6) is 0 Å². The molecule has 5 rings (SSSR count). The van der Waals surface area contributed by atoms with Crippen molar-refractivity contribution in [2.45, 2.75) is 6.04 Å². The van der Waals surface area contributed by atoms with Gasteiger partial charge in [-0.05, 0) is 23.8 Å². The molecule has 1 unspecified atom stereocenters. The van der Waals surface area contributed by atoms with Crippen LogP contribution in [0.1, 0.15) is 11.6 Å². The number of benzene rings is 2. The first-order chi connectivity index (χ1) is 17.6. The van der Waals surface area contributed by atoms with Gasteiger partial charge >= 0.3 is 0 Å². The number of aromatic nitrogens is 5. The summed E-state index contributed by atoms with van der Waals surface area (Å²) in [6.45, 7) is 2.55. The fourth-order valence-electron chi connectivity index (χ4n) is 3.93. The topological polar surface area (TPSA) is 139 Å². The summed E-state index contributed by atoms with van der Waals surface area (Å²) in [4.78, 5) is 14.7. The minimum absolute atomic E-state index is 0.0641. The van der Waals surface area contributed by atoms with Crippen LogP contribution in [0, 0.1) is 5.82 Å². The summed E-state index contributed by atoms with van der Waals surface area (Å²) in [5, 5.41) is 20.2. The molecular formula is C24H26FN9O2. The first kappa shape index (κ1) is 23.5. The number of nitrogens with one attached hydrogen (secondary N) is 2. The standard InChI is InChI=1S/C24H26FN9O2/c25-18-12-17(33-8-10-36-11-9-33)6-7-19(18)30-24-31-23(26)34(32-24)22-13-21(27-15-28-22)29-20(14-35)16-4-2-1-3-5-16/h1-7,12-13,15,20,35H,8-11,14H2,(H,27,28,29)(H3,26,30,31,32). The lowest BCUT2D eigenvalue weighted by Crippen LogP contribution is -2.36. The van der Waals surface area contributed by atoms with Gasteiger partial charge in [-0.3, -0.25) is 0 Å². The van der Waals surface area contributed by atoms with Gasteiger partial charge in [0.15, 0.2) is 5.82 Å². The molecule has 1 aliphatic heterocycles. The van der Waals surface area contributed by atoms with E-state index in [4.69, 9.17) is 10.5 Å². The van der Waals surface area contributed by atoms with Gasteiger partial charge in [0.1, 0.15) is 18.0 Å². The van der Waals surface area contributed by atoms with Crippen molar-refractivity contribution in [1.82, 2.24) is 24.7 Å². The first-order valence-electron chi connectivity index (χ1n) is 11.5. The van der Waals surface area contributed by atoms with Gasteiger partial charge in [-0.1, -0.05) is 30.3 Å². The highest BCUT2D eigenvalue weighted by molar-refractivity contribution is 5.61. The maximum absolute atomic E-state index is 14.8. The lowest BCUT2D eigenvalue weighted by molar-refractivity contribution is 0.122. The second-order valence-electron chi connectivity index (χ2n) is 8.15. The number of nitrogens with zero attached hydrogens (tertiary/aromatic N) is 6. The molecule has 0 aliphatic carbocycles. The second-order valence-corrected chi connectivity index (χ2v) is 8.15. The lowest BCUT2D eigenvalue weighted by atomic mass is 10.1. The second kappa shape index (κ2) is 10.5. The van der Waals surface area contributed by atoms with Gasteiger partial charge in [0.2, 0.25) is 11.9 Å². The van der Waals surface area contributed by atoms with E-state index in [-0.39, 0.29) is 30.2 Å². The van der Waals surface area contributed by atoms with Crippen LogP contribution in [0.3, 0.4) is 0 Å². The van der Waals surface area contributed by atoms with E-state index in [2.05, 4.69) is 35.6 Å². The molecule has 5 N–H and O–H groups in total. The Morgan fingerprint density at radius 1 is 1.08 bits per heavy atom. The van der Waals surface area contributed by atoms with E-state index >= 15 is 0 Å². The van der Waals surface area contributed by atoms with Crippen molar-refractivity contribution in [2.75, 3.05) is 54.2 Å². The molecule has 0 spiro atoms. The number of hydrogen-bond donors (Lipinski definition) is 4. The Bertz CT molecular complexity index is 1310. The number of rotatable bonds is 8. The molecule has 0 saturated carbocycles. The minimum atomic E-state index is -0.432. The minimum Gasteiger partial charge on any atom is -0.394 e. The zero-order chi connectivity index (χ0) is 24.9. The first-order valence-corrected chi connectivity index (χ1v) is 11.5. The van der Waals surface area contributed by atoms with Crippen LogP contribution >= 0.6 is 0 Å². The van der Waals surface area contributed by atoms with Gasteiger partial charge in [0.25, 0.3) is 0 Å². The van der Waals surface area contributed by atoms with E-state index in [1.54, 1.807) is 12.1 Å². The number of nitrogens with two attached hydrogens (primary N) is 1. The van der Waals surface area contributed by atoms with Gasteiger partial charge in [0.05, 0.1) is 31.5 Å². The highest BCUT2D eigenvalue weighted by Crippen LogP contribution is 2.26. The molecule has 36 heavy (non-hydrogen) atoms. The third-order valence-electron chi connectivity index (χ3n) is 5.78. The summed E-state index contributed by atoms with van der Waals surface area (Å²) >= 11 is 0. The van der Waals surface area contributed by atoms with Crippen molar-refractivity contribution in [3.8, 4) is 5.82 Å². The molecule has 1 aliphatic rings. The molecular weight excluding hydrogens is 465 g/mol. The smallest absolute Gasteiger partial charge is 0.248 e. The van der Waals surface area contributed by atoms with Crippen molar-refractivity contribution >= 4 is 29.1 Å². The molecule has 11 nitrogen and oxygen atoms in total. The predicted octanol–water partition coefficient (Wildman–Crippen LogP) is 2.50. The fourth-order valence-corrected chi connectivity index (χ4v) is 3.93. The van der Waals surface area contributed by atoms with Crippen molar-refractivity contribution in [1.29, 1.82) is 0 Å². The number of halogens is 1. The Balaban J connectivity index is 1.32. The summed E-state index contributed by atoms with van der Waals surface area (Å²) < 4.78 is 21.5. The van der Waals surface area contributed by atoms with Crippen LogP contribution < -0.4 is 21.3 Å². The Morgan fingerprint density at radius 2 is 1.89 bits per heavy atom. The predicted molar refractivity (Wildman–Crippen MR) is 134 cm³/mol. The molecule has 1 saturated heterocycles. The molecule has 1 atom stereocenters. The summed E-state index contributed by atoms with van der Waals surface area (Å²) in [5.41, 5.74) is 8.00. The van der Waals surface area contributed by atoms with Gasteiger partial charge in [-0.25, -0.2) is 14.4 Å². The highest BCUT2D eigenvalue weighted by Gasteiger charge is 2.17. The van der Waals surface area contributed by atoms with E-state index in [0.29, 0.717) is 24.8 Å². The van der Waals surface area contributed by atoms with Crippen molar-refractivity contribution in [3.05, 3.63) is 72.3 Å². The summed E-state index contributed by atoms with van der Waals surface area (Å²) in [6, 6.07) is 15.8. The molecule has 3 heterocycles. The summed E-state index contributed by atoms with van der Waals surface area (Å²) in [5.74, 6) is 0.583. The third kappa shape index (κ3) is 5.19. The highest BCUT2D eigenvalue weighted by atomic mass is 19.1. The number of anilines is 5. The molecule has 4 aromatic rings. The summed E-state index contributed by atoms with van der Waals surface area (Å²) in [6.07, 6.45) is 1.36. The number of hydrogen-bond acceptors (Lipinski definition) is 10. The van der Waals surface area contributed by atoms with Crippen LogP contribution in [-0.2, 0) is 4.74 Å². The SMILES string of the molecule is Nc1nc(Nc2ccc(N3CCOCC3)cc2F)nn1-c1cc(NC(CO)c2ccccc2)ncn1. The molecule has 0 amide bonds. The maximum Gasteiger partial charge on any atom is 0.248 e. The molecule has 0 bridgehead atoms. The van der Waals surface area contributed by atoms with Crippen LogP contribution in [0.4, 0.5) is 33.5 Å². The average Bonchev–Trinajstić information content (AvgIpc) is 3.29. The fraction of sp³-hybridized carbons (Fsp3) is 0.250. The molecule has 2 aromatic carbocycles. The number of aliphatic hydroxyl groups excluding tert-OH is 1. The summed E-state index contributed by atoms with van der Waals surface area (Å²) in [7, 11) is 0. The Labute approximate surface area is 206 Å². The molecule has 12 heteroatoms. The third-order valence-corrected chi connectivity index (χ3v) is 5.78. The van der Waals surface area contributed by atoms with Crippen molar-refractivity contribution in [3.63, 3.8) is 0 Å². The number of nitrogen functional groups attached to an aromatic ring is 1. The van der Waals surface area contributed by atoms with E-state index in [1.165, 1.54) is 17.1 Å². The Morgan fingerprint density at radius 3 is 2.64 bits per heavy atom. The molecule has 0 radical (unpaired) electrons. The van der Waals surface area contributed by atoms with Crippen molar-refractivity contribution in [2.24, 2.45) is 0 Å². The van der Waals surface area contributed by atoms with Crippen LogP contribution in [0.15, 0.2) is 60.9 Å². The maximum atomic E-state index is 14.8. The number of morpholine rings is 1. The van der Waals surface area contributed by atoms with E-state index in [0.717, 1.165) is 24.3 Å². The molecule has 186 valence electrons. The zero-order valence-corrected chi connectivity index (χ0v) is 19.4. The van der Waals surface area contributed by atoms with Crippen LogP contribution in [-0.4, -0.2) is 62.7 Å². The number of ether oxygens (including phenoxy) is 1. The van der Waals surface area contributed by atoms with Crippen molar-refractivity contribution < 1.29 is 14.2 Å². The van der Waals surface area contributed by atoms with Gasteiger partial charge in [-0.2, -0.15) is 9.67 Å². The van der Waals surface area contributed by atoms with E-state index in [9.17, 15) is 9.50 Å². The van der Waals surface area contributed by atoms with Crippen LogP contribution in [0.25, 0.3) is 5.82 Å². The van der Waals surface area contributed by atoms with Crippen LogP contribution in [0.2, 0.25) is 0 Å². The monoisotopic (exact) mass is 491 g/mol. The van der Waals surface area contributed by atoms with E-state index < -0.39 is 5.82 Å². The number of aliphatic hydroxyl groups is 1. The van der Waals surface area contributed by atoms with Gasteiger partial charge in [-0.15, -0.1) is 5.10 Å². The molecule has 1 fully saturated rings. The zero-order valence-electron chi connectivity index (χ0n) is 19.4. The van der Waals surface area contributed by atoms with E-state index in [1.807, 2.05) is 36.4 Å².